The number of hydrogen-bond donors (Lipinski definition) is 1. The Balaban J connectivity index is 1.69. The van der Waals surface area contributed by atoms with E-state index in [2.05, 4.69) is 90.8 Å². The summed E-state index contributed by atoms with van der Waals surface area (Å²) in [4.78, 5) is 11.6. The van der Waals surface area contributed by atoms with Gasteiger partial charge in [-0.25, -0.2) is 4.98 Å². The lowest BCUT2D eigenvalue weighted by atomic mass is 9.96. The molecule has 0 aliphatic carbocycles. The van der Waals surface area contributed by atoms with Crippen LogP contribution in [0.15, 0.2) is 67.0 Å². The SMILES string of the molecule is Cc1ccnc(-n2c(C)cc([C@H]3[C@@H](c4ccccn4)NC(=S)N3c3ccc(C)c(C)c3)c2C)c1. The van der Waals surface area contributed by atoms with Gasteiger partial charge in [-0.3, -0.25) is 4.98 Å². The third-order valence-electron chi connectivity index (χ3n) is 6.79. The van der Waals surface area contributed by atoms with Crippen molar-refractivity contribution in [3.05, 3.63) is 106 Å². The summed E-state index contributed by atoms with van der Waals surface area (Å²) >= 11 is 5.91. The quantitative estimate of drug-likeness (QED) is 0.374. The van der Waals surface area contributed by atoms with Crippen LogP contribution in [0.5, 0.6) is 0 Å². The van der Waals surface area contributed by atoms with Crippen LogP contribution in [0.2, 0.25) is 0 Å². The number of aromatic nitrogens is 3. The maximum atomic E-state index is 5.91. The molecule has 1 aliphatic heterocycles. The summed E-state index contributed by atoms with van der Waals surface area (Å²) in [5, 5.41) is 4.29. The number of rotatable bonds is 4. The number of pyridine rings is 2. The van der Waals surface area contributed by atoms with Gasteiger partial charge < -0.3 is 14.8 Å². The molecule has 2 atom stereocenters. The highest BCUT2D eigenvalue weighted by Gasteiger charge is 2.42. The molecular weight excluding hydrogens is 438 g/mol. The number of hydrogen-bond acceptors (Lipinski definition) is 3. The van der Waals surface area contributed by atoms with Gasteiger partial charge in [-0.15, -0.1) is 0 Å². The maximum absolute atomic E-state index is 5.91. The monoisotopic (exact) mass is 467 g/mol. The van der Waals surface area contributed by atoms with E-state index in [4.69, 9.17) is 17.2 Å². The number of nitrogens with one attached hydrogen (secondary N) is 1. The van der Waals surface area contributed by atoms with Crippen molar-refractivity contribution >= 4 is 23.0 Å². The van der Waals surface area contributed by atoms with Gasteiger partial charge in [0.2, 0.25) is 0 Å². The lowest BCUT2D eigenvalue weighted by Gasteiger charge is -2.28. The third kappa shape index (κ3) is 3.78. The Morgan fingerprint density at radius 3 is 2.38 bits per heavy atom. The molecule has 6 heteroatoms. The number of anilines is 1. The summed E-state index contributed by atoms with van der Waals surface area (Å²) < 4.78 is 2.23. The molecule has 1 fully saturated rings. The summed E-state index contributed by atoms with van der Waals surface area (Å²) in [6.45, 7) is 10.7. The predicted molar refractivity (Wildman–Crippen MR) is 142 cm³/mol. The molecule has 4 aromatic rings. The molecule has 0 bridgehead atoms. The van der Waals surface area contributed by atoms with Crippen molar-refractivity contribution < 1.29 is 0 Å². The van der Waals surface area contributed by atoms with E-state index in [0.717, 1.165) is 28.6 Å². The zero-order valence-electron chi connectivity index (χ0n) is 20.2. The van der Waals surface area contributed by atoms with Crippen LogP contribution in [0.4, 0.5) is 5.69 Å². The lowest BCUT2D eigenvalue weighted by Crippen LogP contribution is -2.29. The van der Waals surface area contributed by atoms with Gasteiger partial charge in [-0.05, 0) is 112 Å². The van der Waals surface area contributed by atoms with Crippen LogP contribution in [0.25, 0.3) is 5.82 Å². The van der Waals surface area contributed by atoms with E-state index in [-0.39, 0.29) is 12.1 Å². The minimum absolute atomic E-state index is 0.0470. The standard InChI is InChI=1S/C28H29N5S/c1-17-11-13-30-25(14-17)32-20(4)16-23(21(32)5)27-26(24-8-6-7-12-29-24)31-28(34)33(27)22-10-9-18(2)19(3)15-22/h6-16,26-27H,1-5H3,(H,31,34)/t26-,27+/m1/s1. The van der Waals surface area contributed by atoms with Crippen LogP contribution < -0.4 is 10.2 Å². The van der Waals surface area contributed by atoms with E-state index in [1.807, 2.05) is 30.6 Å². The van der Waals surface area contributed by atoms with E-state index in [0.29, 0.717) is 5.11 Å². The first kappa shape index (κ1) is 22.3. The molecule has 3 aromatic heterocycles. The Morgan fingerprint density at radius 2 is 1.68 bits per heavy atom. The van der Waals surface area contributed by atoms with Crippen LogP contribution in [-0.2, 0) is 0 Å². The summed E-state index contributed by atoms with van der Waals surface area (Å²) in [5.74, 6) is 0.932. The molecular formula is C28H29N5S. The zero-order valence-corrected chi connectivity index (χ0v) is 21.0. The van der Waals surface area contributed by atoms with Crippen molar-refractivity contribution in [2.45, 2.75) is 46.7 Å². The Bertz CT molecular complexity index is 1380. The molecule has 0 amide bonds. The van der Waals surface area contributed by atoms with E-state index in [1.165, 1.54) is 22.3 Å². The molecule has 4 heterocycles. The fourth-order valence-electron chi connectivity index (χ4n) is 4.91. The second-order valence-corrected chi connectivity index (χ2v) is 9.51. The van der Waals surface area contributed by atoms with Crippen LogP contribution in [-0.4, -0.2) is 19.6 Å². The first-order valence-corrected chi connectivity index (χ1v) is 12.0. The average Bonchev–Trinajstić information content (AvgIpc) is 3.31. The number of nitrogens with zero attached hydrogens (tertiary/aromatic N) is 4. The smallest absolute Gasteiger partial charge is 0.174 e. The second-order valence-electron chi connectivity index (χ2n) is 9.12. The Labute approximate surface area is 206 Å². The normalized spacial score (nSPS) is 17.8. The topological polar surface area (TPSA) is 46.0 Å². The molecule has 0 spiro atoms. The van der Waals surface area contributed by atoms with Crippen molar-refractivity contribution in [1.82, 2.24) is 19.9 Å². The molecule has 0 radical (unpaired) electrons. The Morgan fingerprint density at radius 1 is 0.853 bits per heavy atom. The van der Waals surface area contributed by atoms with Crippen LogP contribution in [0.3, 0.4) is 0 Å². The molecule has 172 valence electrons. The van der Waals surface area contributed by atoms with Gasteiger partial charge in [0, 0.05) is 29.5 Å². The molecule has 0 unspecified atom stereocenters. The number of benzene rings is 1. The van der Waals surface area contributed by atoms with Crippen LogP contribution >= 0.6 is 12.2 Å². The first-order chi connectivity index (χ1) is 16.3. The Kier molecular flexibility index (Phi) is 5.70. The fraction of sp³-hybridized carbons (Fsp3) is 0.250. The van der Waals surface area contributed by atoms with Gasteiger partial charge in [-0.1, -0.05) is 12.1 Å². The third-order valence-corrected chi connectivity index (χ3v) is 7.10. The summed E-state index contributed by atoms with van der Waals surface area (Å²) in [6.07, 6.45) is 3.71. The largest absolute Gasteiger partial charge is 0.351 e. The van der Waals surface area contributed by atoms with Gasteiger partial charge in [-0.2, -0.15) is 0 Å². The molecule has 1 aliphatic rings. The molecule has 5 nitrogen and oxygen atoms in total. The molecule has 5 rings (SSSR count). The van der Waals surface area contributed by atoms with Gasteiger partial charge in [0.1, 0.15) is 5.82 Å². The fourth-order valence-corrected chi connectivity index (χ4v) is 5.25. The van der Waals surface area contributed by atoms with Crippen molar-refractivity contribution in [3.63, 3.8) is 0 Å². The molecule has 1 aromatic carbocycles. The van der Waals surface area contributed by atoms with Gasteiger partial charge in [0.25, 0.3) is 0 Å². The minimum Gasteiger partial charge on any atom is -0.351 e. The highest BCUT2D eigenvalue weighted by Crippen LogP contribution is 2.43. The lowest BCUT2D eigenvalue weighted by molar-refractivity contribution is 0.565. The average molecular weight is 468 g/mol. The van der Waals surface area contributed by atoms with Crippen molar-refractivity contribution in [2.24, 2.45) is 0 Å². The maximum Gasteiger partial charge on any atom is 0.174 e. The van der Waals surface area contributed by atoms with Gasteiger partial charge >= 0.3 is 0 Å². The summed E-state index contributed by atoms with van der Waals surface area (Å²) in [7, 11) is 0. The van der Waals surface area contributed by atoms with Crippen molar-refractivity contribution in [2.75, 3.05) is 4.90 Å². The summed E-state index contributed by atoms with van der Waals surface area (Å²) in [6, 6.07) is 18.9. The van der Waals surface area contributed by atoms with Gasteiger partial charge in [0.05, 0.1) is 17.8 Å². The van der Waals surface area contributed by atoms with Crippen LogP contribution in [0.1, 0.15) is 51.4 Å². The molecule has 1 N–H and O–H groups in total. The van der Waals surface area contributed by atoms with E-state index < -0.39 is 0 Å². The highest BCUT2D eigenvalue weighted by molar-refractivity contribution is 7.80. The molecule has 34 heavy (non-hydrogen) atoms. The van der Waals surface area contributed by atoms with Crippen molar-refractivity contribution in [3.8, 4) is 5.82 Å². The second kappa shape index (κ2) is 8.69. The van der Waals surface area contributed by atoms with E-state index >= 15 is 0 Å². The molecule has 1 saturated heterocycles. The molecule has 0 saturated carbocycles. The van der Waals surface area contributed by atoms with Gasteiger partial charge in [0.15, 0.2) is 5.11 Å². The predicted octanol–water partition coefficient (Wildman–Crippen LogP) is 5.99. The Hall–Kier alpha value is -3.51. The first-order valence-electron chi connectivity index (χ1n) is 11.5. The van der Waals surface area contributed by atoms with Crippen molar-refractivity contribution in [1.29, 1.82) is 0 Å². The number of aryl methyl sites for hydroxylation is 4. The number of thiocarbonyl (C=S) groups is 1. The van der Waals surface area contributed by atoms with E-state index in [9.17, 15) is 0 Å². The summed E-state index contributed by atoms with van der Waals surface area (Å²) in [5.41, 5.74) is 9.26. The zero-order chi connectivity index (χ0) is 24.0. The van der Waals surface area contributed by atoms with E-state index in [1.54, 1.807) is 0 Å². The highest BCUT2D eigenvalue weighted by atomic mass is 32.1. The minimum atomic E-state index is -0.0743. The van der Waals surface area contributed by atoms with Crippen LogP contribution in [0, 0.1) is 34.6 Å².